The molecule has 0 heterocycles. The number of carbonyl (C=O) groups is 4. The smallest absolute Gasteiger partial charge is 0.420 e. The molecule has 0 aromatic carbocycles. The van der Waals surface area contributed by atoms with E-state index in [1.165, 1.54) is 14.0 Å². The maximum absolute atomic E-state index is 12.6. The molecule has 9 heteroatoms. The van der Waals surface area contributed by atoms with E-state index in [0.29, 0.717) is 4.90 Å². The third-order valence-corrected chi connectivity index (χ3v) is 3.15. The predicted octanol–water partition coefficient (Wildman–Crippen LogP) is 2.90. The summed E-state index contributed by atoms with van der Waals surface area (Å²) in [7, 11) is 2.31. The van der Waals surface area contributed by atoms with Crippen LogP contribution in [0.4, 0.5) is 9.59 Å². The standard InChI is InChI=1S/C18H31NO8/c1-11(13(20)24-8)10-12(14(21)25-9)19(15(22)26-17(2,3)4)16(23)27-18(5,6)7/h11-12H,10H2,1-9H3/t11-,12-/m0/s1/i1+1. The minimum Gasteiger partial charge on any atom is -0.469 e. The molecule has 0 unspecified atom stereocenters. The number of amides is 2. The highest BCUT2D eigenvalue weighted by Gasteiger charge is 2.42. The summed E-state index contributed by atoms with van der Waals surface area (Å²) in [4.78, 5) is 49.9. The van der Waals surface area contributed by atoms with Gasteiger partial charge < -0.3 is 18.9 Å². The van der Waals surface area contributed by atoms with E-state index in [2.05, 4.69) is 4.74 Å². The second-order valence-electron chi connectivity index (χ2n) is 8.03. The number of hydrogen-bond donors (Lipinski definition) is 0. The van der Waals surface area contributed by atoms with E-state index >= 15 is 0 Å². The summed E-state index contributed by atoms with van der Waals surface area (Å²) in [5.41, 5.74) is -1.85. The topological polar surface area (TPSA) is 108 Å². The average Bonchev–Trinajstić information content (AvgIpc) is 2.48. The van der Waals surface area contributed by atoms with E-state index in [1.807, 2.05) is 0 Å². The Balaban J connectivity index is 5.95. The van der Waals surface area contributed by atoms with Gasteiger partial charge in [0.2, 0.25) is 0 Å². The summed E-state index contributed by atoms with van der Waals surface area (Å²) in [6, 6.07) is -1.42. The zero-order chi connectivity index (χ0) is 21.6. The van der Waals surface area contributed by atoms with Crippen LogP contribution in [0.1, 0.15) is 54.9 Å². The second kappa shape index (κ2) is 9.57. The Bertz CT molecular complexity index is 531. The Hall–Kier alpha value is -2.32. The van der Waals surface area contributed by atoms with Crippen LogP contribution in [-0.2, 0) is 28.5 Å². The van der Waals surface area contributed by atoms with Crippen LogP contribution in [0.15, 0.2) is 0 Å². The zero-order valence-corrected chi connectivity index (χ0v) is 17.6. The molecule has 0 aliphatic rings. The molecule has 2 amide bonds. The zero-order valence-electron chi connectivity index (χ0n) is 17.6. The van der Waals surface area contributed by atoms with Gasteiger partial charge in [0, 0.05) is 0 Å². The maximum Gasteiger partial charge on any atom is 0.420 e. The Labute approximate surface area is 160 Å². The van der Waals surface area contributed by atoms with Crippen LogP contribution in [0.3, 0.4) is 0 Å². The van der Waals surface area contributed by atoms with Crippen molar-refractivity contribution in [2.45, 2.75) is 72.1 Å². The quantitative estimate of drug-likeness (QED) is 0.400. The van der Waals surface area contributed by atoms with Crippen molar-refractivity contribution in [3.8, 4) is 0 Å². The third kappa shape index (κ3) is 8.74. The van der Waals surface area contributed by atoms with E-state index in [0.717, 1.165) is 7.11 Å². The van der Waals surface area contributed by atoms with Crippen molar-refractivity contribution in [2.75, 3.05) is 14.2 Å². The molecule has 0 rings (SSSR count). The maximum atomic E-state index is 12.6. The number of ether oxygens (including phenoxy) is 4. The van der Waals surface area contributed by atoms with Gasteiger partial charge in [0.15, 0.2) is 0 Å². The van der Waals surface area contributed by atoms with Gasteiger partial charge in [0.25, 0.3) is 0 Å². The monoisotopic (exact) mass is 390 g/mol. The Morgan fingerprint density at radius 1 is 0.778 bits per heavy atom. The molecule has 0 N–H and O–H groups in total. The number of imide groups is 1. The highest BCUT2D eigenvalue weighted by molar-refractivity contribution is 5.94. The Kier molecular flexibility index (Phi) is 8.75. The van der Waals surface area contributed by atoms with Crippen LogP contribution >= 0.6 is 0 Å². The van der Waals surface area contributed by atoms with Crippen molar-refractivity contribution in [1.29, 1.82) is 0 Å². The lowest BCUT2D eigenvalue weighted by molar-refractivity contribution is -0.150. The van der Waals surface area contributed by atoms with Gasteiger partial charge in [-0.2, -0.15) is 4.90 Å². The van der Waals surface area contributed by atoms with Crippen molar-refractivity contribution in [3.05, 3.63) is 0 Å². The number of methoxy groups -OCH3 is 2. The molecule has 0 saturated heterocycles. The molecule has 2 atom stereocenters. The predicted molar refractivity (Wildman–Crippen MR) is 95.9 cm³/mol. The third-order valence-electron chi connectivity index (χ3n) is 3.15. The van der Waals surface area contributed by atoms with Gasteiger partial charge >= 0.3 is 24.1 Å². The van der Waals surface area contributed by atoms with Crippen LogP contribution in [0.2, 0.25) is 0 Å². The molecule has 0 aliphatic heterocycles. The van der Waals surface area contributed by atoms with E-state index in [1.54, 1.807) is 41.5 Å². The summed E-state index contributed by atoms with van der Waals surface area (Å²) in [6.07, 6.45) is -2.37. The molecule has 0 spiro atoms. The van der Waals surface area contributed by atoms with E-state index in [-0.39, 0.29) is 6.42 Å². The second-order valence-corrected chi connectivity index (χ2v) is 8.03. The Morgan fingerprint density at radius 3 is 1.44 bits per heavy atom. The van der Waals surface area contributed by atoms with Crippen LogP contribution in [-0.4, -0.2) is 60.5 Å². The fraction of sp³-hybridized carbons (Fsp3) is 0.778. The SMILES string of the molecule is COC(=O)[C@@H]([13CH3])C[C@@H](C(=O)OC)N(C(=O)OC(C)(C)C)C(=O)OC(C)(C)C. The van der Waals surface area contributed by atoms with E-state index in [4.69, 9.17) is 14.2 Å². The molecule has 0 bridgehead atoms. The fourth-order valence-corrected chi connectivity index (χ4v) is 2.03. The minimum absolute atomic E-state index is 0.210. The molecule has 156 valence electrons. The number of nitrogens with zero attached hydrogens (tertiary/aromatic N) is 1. The largest absolute Gasteiger partial charge is 0.469 e. The molecule has 27 heavy (non-hydrogen) atoms. The number of carbonyl (C=O) groups excluding carboxylic acids is 4. The first kappa shape index (κ1) is 24.7. The van der Waals surface area contributed by atoms with Gasteiger partial charge in [-0.05, 0) is 48.0 Å². The van der Waals surface area contributed by atoms with Gasteiger partial charge in [-0.25, -0.2) is 14.4 Å². The first-order valence-electron chi connectivity index (χ1n) is 8.53. The lowest BCUT2D eigenvalue weighted by Crippen LogP contribution is -2.53. The summed E-state index contributed by atoms with van der Waals surface area (Å²) in [5, 5.41) is 0. The highest BCUT2D eigenvalue weighted by atomic mass is 16.6. The molecule has 0 aliphatic carbocycles. The Morgan fingerprint density at radius 2 is 1.15 bits per heavy atom. The molecular formula is C18H31NO8. The molecular weight excluding hydrogens is 359 g/mol. The first-order chi connectivity index (χ1) is 12.1. The molecule has 0 aromatic heterocycles. The van der Waals surface area contributed by atoms with Crippen molar-refractivity contribution >= 4 is 24.1 Å². The summed E-state index contributed by atoms with van der Waals surface area (Å²) < 4.78 is 19.8. The highest BCUT2D eigenvalue weighted by Crippen LogP contribution is 2.21. The lowest BCUT2D eigenvalue weighted by atomic mass is 10.0. The van der Waals surface area contributed by atoms with Gasteiger partial charge in [0.05, 0.1) is 20.1 Å². The lowest BCUT2D eigenvalue weighted by Gasteiger charge is -2.32. The van der Waals surface area contributed by atoms with Gasteiger partial charge in [-0.15, -0.1) is 0 Å². The molecule has 0 radical (unpaired) electrons. The van der Waals surface area contributed by atoms with Crippen molar-refractivity contribution in [1.82, 2.24) is 4.90 Å². The van der Waals surface area contributed by atoms with Crippen LogP contribution < -0.4 is 0 Å². The van der Waals surface area contributed by atoms with E-state index < -0.39 is 47.3 Å². The normalized spacial score (nSPS) is 13.8. The minimum atomic E-state index is -1.42. The number of hydrogen-bond acceptors (Lipinski definition) is 8. The molecule has 9 nitrogen and oxygen atoms in total. The van der Waals surface area contributed by atoms with Gasteiger partial charge in [-0.1, -0.05) is 6.92 Å². The average molecular weight is 390 g/mol. The van der Waals surface area contributed by atoms with Crippen molar-refractivity contribution in [2.24, 2.45) is 5.92 Å². The van der Waals surface area contributed by atoms with Crippen molar-refractivity contribution < 1.29 is 38.1 Å². The van der Waals surface area contributed by atoms with Crippen LogP contribution in [0.5, 0.6) is 0 Å². The summed E-state index contributed by atoms with van der Waals surface area (Å²) in [6.45, 7) is 11.2. The summed E-state index contributed by atoms with van der Waals surface area (Å²) in [5.74, 6) is -2.27. The fourth-order valence-electron chi connectivity index (χ4n) is 2.03. The number of esters is 2. The summed E-state index contributed by atoms with van der Waals surface area (Å²) >= 11 is 0. The molecule has 0 fully saturated rings. The number of rotatable bonds is 5. The van der Waals surface area contributed by atoms with Crippen LogP contribution in [0, 0.1) is 5.92 Å². The van der Waals surface area contributed by atoms with Crippen LogP contribution in [0.25, 0.3) is 0 Å². The van der Waals surface area contributed by atoms with E-state index in [9.17, 15) is 19.2 Å². The van der Waals surface area contributed by atoms with Crippen molar-refractivity contribution in [3.63, 3.8) is 0 Å². The van der Waals surface area contributed by atoms with Gasteiger partial charge in [-0.3, -0.25) is 4.79 Å². The first-order valence-corrected chi connectivity index (χ1v) is 8.53. The molecule has 0 saturated carbocycles. The van der Waals surface area contributed by atoms with Gasteiger partial charge in [0.1, 0.15) is 17.2 Å². The molecule has 0 aromatic rings.